The third-order valence-corrected chi connectivity index (χ3v) is 9.00. The highest BCUT2D eigenvalue weighted by Crippen LogP contribution is 2.29. The van der Waals surface area contributed by atoms with Crippen LogP contribution in [0.25, 0.3) is 0 Å². The Balaban J connectivity index is 1.25. The van der Waals surface area contributed by atoms with E-state index in [0.29, 0.717) is 43.3 Å². The van der Waals surface area contributed by atoms with Gasteiger partial charge in [0.15, 0.2) is 5.13 Å². The van der Waals surface area contributed by atoms with Crippen LogP contribution < -0.4 is 5.32 Å². The molecule has 5 rings (SSSR count). The second-order valence-electron chi connectivity index (χ2n) is 8.40. The van der Waals surface area contributed by atoms with Crippen molar-refractivity contribution in [2.24, 2.45) is 0 Å². The van der Waals surface area contributed by atoms with Gasteiger partial charge in [-0.05, 0) is 37.1 Å². The molecule has 35 heavy (non-hydrogen) atoms. The molecule has 0 aliphatic carbocycles. The summed E-state index contributed by atoms with van der Waals surface area (Å²) in [7, 11) is -3.54. The summed E-state index contributed by atoms with van der Waals surface area (Å²) < 4.78 is 27.2. The smallest absolute Gasteiger partial charge is 0.277 e. The van der Waals surface area contributed by atoms with Crippen molar-refractivity contribution in [1.29, 1.82) is 0 Å². The molecule has 2 amide bonds. The number of sulfonamides is 1. The molecule has 1 N–H and O–H groups in total. The highest BCUT2D eigenvalue weighted by atomic mass is 32.2. The summed E-state index contributed by atoms with van der Waals surface area (Å²) in [5, 5.41) is 3.19. The quantitative estimate of drug-likeness (QED) is 0.557. The third-order valence-electron chi connectivity index (χ3n) is 6.09. The van der Waals surface area contributed by atoms with E-state index in [1.54, 1.807) is 17.0 Å². The maximum Gasteiger partial charge on any atom is 0.277 e. The maximum absolute atomic E-state index is 13.1. The first-order valence-electron chi connectivity index (χ1n) is 11.4. The summed E-state index contributed by atoms with van der Waals surface area (Å²) in [5.41, 5.74) is 1.49. The standard InChI is InChI=1S/C23H24N6O4S2/c30-21(19-14-24-9-10-25-19)27-23-26-18-8-13-28(15-20(18)34-23)22(31)16-4-6-17(7-5-16)35(32,33)29-11-2-1-3-12-29/h4-7,9-10,14H,1-3,8,11-13,15H2,(H,26,27,30). The Morgan fingerprint density at radius 3 is 2.49 bits per heavy atom. The van der Waals surface area contributed by atoms with Gasteiger partial charge in [0, 0.05) is 48.9 Å². The van der Waals surface area contributed by atoms with Crippen molar-refractivity contribution in [3.8, 4) is 0 Å². The third kappa shape index (κ3) is 4.95. The van der Waals surface area contributed by atoms with Gasteiger partial charge in [0.25, 0.3) is 11.8 Å². The van der Waals surface area contributed by atoms with Gasteiger partial charge in [-0.1, -0.05) is 17.8 Å². The maximum atomic E-state index is 13.1. The van der Waals surface area contributed by atoms with E-state index >= 15 is 0 Å². The molecule has 0 saturated carbocycles. The van der Waals surface area contributed by atoms with Crippen molar-refractivity contribution in [2.45, 2.75) is 37.1 Å². The summed E-state index contributed by atoms with van der Waals surface area (Å²) in [4.78, 5) is 40.6. The van der Waals surface area contributed by atoms with Crippen LogP contribution in [-0.4, -0.2) is 64.0 Å². The fourth-order valence-corrected chi connectivity index (χ4v) is 6.74. The summed E-state index contributed by atoms with van der Waals surface area (Å²) in [6.07, 6.45) is 7.68. The summed E-state index contributed by atoms with van der Waals surface area (Å²) >= 11 is 1.33. The molecule has 4 heterocycles. The fourth-order valence-electron chi connectivity index (χ4n) is 4.21. The Labute approximate surface area is 207 Å². The zero-order valence-corrected chi connectivity index (χ0v) is 20.5. The molecule has 3 aromatic rings. The van der Waals surface area contributed by atoms with Crippen LogP contribution in [0, 0.1) is 0 Å². The number of hydrogen-bond acceptors (Lipinski definition) is 8. The number of fused-ring (bicyclic) bond motifs is 1. The lowest BCUT2D eigenvalue weighted by atomic mass is 10.1. The highest BCUT2D eigenvalue weighted by molar-refractivity contribution is 7.89. The van der Waals surface area contributed by atoms with Gasteiger partial charge in [-0.15, -0.1) is 0 Å². The number of piperidine rings is 1. The molecule has 0 bridgehead atoms. The molecule has 0 atom stereocenters. The number of nitrogens with one attached hydrogen (secondary N) is 1. The Morgan fingerprint density at radius 2 is 1.77 bits per heavy atom. The molecule has 182 valence electrons. The summed E-state index contributed by atoms with van der Waals surface area (Å²) in [5.74, 6) is -0.562. The molecule has 2 aliphatic heterocycles. The van der Waals surface area contributed by atoms with Crippen molar-refractivity contribution in [3.63, 3.8) is 0 Å². The van der Waals surface area contributed by atoms with E-state index in [9.17, 15) is 18.0 Å². The lowest BCUT2D eigenvalue weighted by Crippen LogP contribution is -2.36. The number of rotatable bonds is 5. The van der Waals surface area contributed by atoms with E-state index in [0.717, 1.165) is 29.8 Å². The molecule has 2 aliphatic rings. The monoisotopic (exact) mass is 512 g/mol. The second kappa shape index (κ2) is 9.80. The number of aromatic nitrogens is 3. The minimum Gasteiger partial charge on any atom is -0.333 e. The Kier molecular flexibility index (Phi) is 6.58. The minimum atomic E-state index is -3.54. The van der Waals surface area contributed by atoms with E-state index in [2.05, 4.69) is 20.3 Å². The van der Waals surface area contributed by atoms with Gasteiger partial charge < -0.3 is 4.90 Å². The average Bonchev–Trinajstić information content (AvgIpc) is 3.31. The van der Waals surface area contributed by atoms with Gasteiger partial charge in [-0.25, -0.2) is 18.4 Å². The Hall–Kier alpha value is -3.22. The van der Waals surface area contributed by atoms with Crippen LogP contribution in [-0.2, 0) is 23.0 Å². The zero-order chi connectivity index (χ0) is 24.4. The first kappa shape index (κ1) is 23.5. The molecule has 10 nitrogen and oxygen atoms in total. The number of nitrogens with zero attached hydrogens (tertiary/aromatic N) is 5. The van der Waals surface area contributed by atoms with Crippen LogP contribution in [0.2, 0.25) is 0 Å². The molecule has 0 spiro atoms. The topological polar surface area (TPSA) is 125 Å². The van der Waals surface area contributed by atoms with Gasteiger partial charge in [0.2, 0.25) is 10.0 Å². The summed E-state index contributed by atoms with van der Waals surface area (Å²) in [6.45, 7) is 1.94. The van der Waals surface area contributed by atoms with Crippen molar-refractivity contribution < 1.29 is 18.0 Å². The van der Waals surface area contributed by atoms with E-state index in [-0.39, 0.29) is 16.5 Å². The van der Waals surface area contributed by atoms with Gasteiger partial charge in [-0.2, -0.15) is 4.31 Å². The Morgan fingerprint density at radius 1 is 1.00 bits per heavy atom. The van der Waals surface area contributed by atoms with Gasteiger partial charge in [-0.3, -0.25) is 19.9 Å². The van der Waals surface area contributed by atoms with Crippen LogP contribution in [0.15, 0.2) is 47.8 Å². The largest absolute Gasteiger partial charge is 0.333 e. The molecule has 1 aromatic carbocycles. The van der Waals surface area contributed by atoms with E-state index in [1.165, 1.54) is 46.4 Å². The summed E-state index contributed by atoms with van der Waals surface area (Å²) in [6, 6.07) is 6.18. The van der Waals surface area contributed by atoms with E-state index < -0.39 is 15.9 Å². The van der Waals surface area contributed by atoms with Crippen LogP contribution in [0.5, 0.6) is 0 Å². The van der Waals surface area contributed by atoms with Gasteiger partial charge >= 0.3 is 0 Å². The van der Waals surface area contributed by atoms with Crippen LogP contribution >= 0.6 is 11.3 Å². The first-order valence-corrected chi connectivity index (χ1v) is 13.6. The molecule has 1 saturated heterocycles. The van der Waals surface area contributed by atoms with Crippen molar-refractivity contribution in [2.75, 3.05) is 25.0 Å². The number of amides is 2. The van der Waals surface area contributed by atoms with Crippen molar-refractivity contribution in [3.05, 3.63) is 64.7 Å². The average molecular weight is 513 g/mol. The van der Waals surface area contributed by atoms with Crippen molar-refractivity contribution in [1.82, 2.24) is 24.2 Å². The van der Waals surface area contributed by atoms with Crippen molar-refractivity contribution >= 4 is 38.3 Å². The molecule has 1 fully saturated rings. The predicted octanol–water partition coefficient (Wildman–Crippen LogP) is 2.56. The molecule has 0 radical (unpaired) electrons. The zero-order valence-electron chi connectivity index (χ0n) is 18.9. The van der Waals surface area contributed by atoms with Crippen LogP contribution in [0.3, 0.4) is 0 Å². The van der Waals surface area contributed by atoms with Gasteiger partial charge in [0.1, 0.15) is 5.69 Å². The molecular formula is C23H24N6O4S2. The Bertz CT molecular complexity index is 1340. The minimum absolute atomic E-state index is 0.170. The number of anilines is 1. The number of carbonyl (C=O) groups excluding carboxylic acids is 2. The lowest BCUT2D eigenvalue weighted by Gasteiger charge is -2.27. The number of carbonyl (C=O) groups is 2. The molecule has 2 aromatic heterocycles. The van der Waals surface area contributed by atoms with E-state index in [1.807, 2.05) is 0 Å². The molecule has 12 heteroatoms. The molecular weight excluding hydrogens is 488 g/mol. The first-order chi connectivity index (χ1) is 16.9. The SMILES string of the molecule is O=C(Nc1nc2c(s1)CN(C(=O)c1ccc(S(=O)(=O)N3CCCCC3)cc1)CC2)c1cnccn1. The molecule has 0 unspecified atom stereocenters. The fraction of sp³-hybridized carbons (Fsp3) is 0.348. The number of thiazole rings is 1. The van der Waals surface area contributed by atoms with Gasteiger partial charge in [0.05, 0.1) is 23.3 Å². The second-order valence-corrected chi connectivity index (χ2v) is 11.4. The predicted molar refractivity (Wildman–Crippen MR) is 130 cm³/mol. The normalized spacial score (nSPS) is 16.5. The number of benzene rings is 1. The lowest BCUT2D eigenvalue weighted by molar-refractivity contribution is 0.0736. The number of hydrogen-bond donors (Lipinski definition) is 1. The van der Waals surface area contributed by atoms with Crippen LogP contribution in [0.4, 0.5) is 5.13 Å². The van der Waals surface area contributed by atoms with Crippen LogP contribution in [0.1, 0.15) is 50.7 Å². The van der Waals surface area contributed by atoms with E-state index in [4.69, 9.17) is 0 Å². The highest BCUT2D eigenvalue weighted by Gasteiger charge is 2.28.